The summed E-state index contributed by atoms with van der Waals surface area (Å²) in [4.78, 5) is 15.6. The molecule has 0 bridgehead atoms. The Morgan fingerprint density at radius 2 is 1.55 bits per heavy atom. The van der Waals surface area contributed by atoms with Gasteiger partial charge in [0.1, 0.15) is 5.75 Å². The molecule has 4 nitrogen and oxygen atoms in total. The fourth-order valence-electron chi connectivity index (χ4n) is 4.17. The van der Waals surface area contributed by atoms with Crippen LogP contribution in [0.25, 0.3) is 0 Å². The van der Waals surface area contributed by atoms with E-state index in [1.54, 1.807) is 7.11 Å². The number of hydrogen-bond acceptors (Lipinski definition) is 3. The molecule has 0 saturated carbocycles. The molecule has 1 saturated heterocycles. The summed E-state index contributed by atoms with van der Waals surface area (Å²) in [7, 11) is 1.64. The van der Waals surface area contributed by atoms with Crippen LogP contribution in [0.15, 0.2) is 84.9 Å². The molecule has 1 fully saturated rings. The molecule has 1 aliphatic rings. The van der Waals surface area contributed by atoms with Crippen molar-refractivity contribution in [2.45, 2.75) is 19.4 Å². The summed E-state index contributed by atoms with van der Waals surface area (Å²) >= 11 is 0. The lowest BCUT2D eigenvalue weighted by Crippen LogP contribution is -2.40. The molecule has 4 heteroatoms. The highest BCUT2D eigenvalue weighted by atomic mass is 16.5. The van der Waals surface area contributed by atoms with Crippen LogP contribution in [0.4, 0.5) is 11.4 Å². The summed E-state index contributed by atoms with van der Waals surface area (Å²) < 4.78 is 5.51. The van der Waals surface area contributed by atoms with Gasteiger partial charge in [-0.1, -0.05) is 60.7 Å². The van der Waals surface area contributed by atoms with E-state index in [1.165, 1.54) is 0 Å². The fraction of sp³-hybridized carbons (Fsp3) is 0.240. The number of para-hydroxylation sites is 3. The van der Waals surface area contributed by atoms with Crippen molar-refractivity contribution in [2.75, 3.05) is 23.9 Å². The van der Waals surface area contributed by atoms with E-state index in [2.05, 4.69) is 24.4 Å². The number of benzene rings is 3. The Hall–Kier alpha value is -3.27. The highest BCUT2D eigenvalue weighted by Crippen LogP contribution is 2.47. The van der Waals surface area contributed by atoms with Crippen LogP contribution in [0.3, 0.4) is 0 Å². The number of amides is 1. The topological polar surface area (TPSA) is 41.6 Å². The third-order valence-electron chi connectivity index (χ3n) is 5.82. The van der Waals surface area contributed by atoms with Gasteiger partial charge in [0.05, 0.1) is 24.3 Å². The molecule has 0 radical (unpaired) electrons. The van der Waals surface area contributed by atoms with Gasteiger partial charge in [0, 0.05) is 12.2 Å². The predicted molar refractivity (Wildman–Crippen MR) is 117 cm³/mol. The summed E-state index contributed by atoms with van der Waals surface area (Å²) in [5.41, 5.74) is 2.35. The Morgan fingerprint density at radius 1 is 0.931 bits per heavy atom. The molecule has 0 aliphatic carbocycles. The zero-order valence-electron chi connectivity index (χ0n) is 16.8. The Balaban J connectivity index is 1.71. The summed E-state index contributed by atoms with van der Waals surface area (Å²) in [5, 5.41) is 3.63. The summed E-state index contributed by atoms with van der Waals surface area (Å²) in [5.74, 6) is 0.830. The van der Waals surface area contributed by atoms with Gasteiger partial charge in [-0.15, -0.1) is 0 Å². The third-order valence-corrected chi connectivity index (χ3v) is 5.82. The van der Waals surface area contributed by atoms with E-state index in [0.717, 1.165) is 29.1 Å². The number of rotatable bonds is 6. The van der Waals surface area contributed by atoms with Gasteiger partial charge in [-0.2, -0.15) is 0 Å². The fourth-order valence-corrected chi connectivity index (χ4v) is 4.17. The molecule has 29 heavy (non-hydrogen) atoms. The molecule has 1 N–H and O–H groups in total. The lowest BCUT2D eigenvalue weighted by molar-refractivity contribution is -0.125. The van der Waals surface area contributed by atoms with E-state index in [-0.39, 0.29) is 11.9 Å². The summed E-state index contributed by atoms with van der Waals surface area (Å²) in [6, 6.07) is 27.9. The van der Waals surface area contributed by atoms with Crippen molar-refractivity contribution in [1.82, 2.24) is 0 Å². The lowest BCUT2D eigenvalue weighted by atomic mass is 9.77. The molecule has 2 atom stereocenters. The molecule has 4 rings (SSSR count). The number of nitrogens with zero attached hydrogens (tertiary/aromatic N) is 1. The first-order chi connectivity index (χ1) is 14.1. The first-order valence-electron chi connectivity index (χ1n) is 9.95. The van der Waals surface area contributed by atoms with Crippen molar-refractivity contribution in [3.8, 4) is 5.75 Å². The van der Waals surface area contributed by atoms with Gasteiger partial charge >= 0.3 is 0 Å². The molecule has 3 aromatic carbocycles. The van der Waals surface area contributed by atoms with E-state index in [9.17, 15) is 4.79 Å². The normalized spacial score (nSPS) is 19.8. The van der Waals surface area contributed by atoms with Gasteiger partial charge in [-0.05, 0) is 43.2 Å². The average Bonchev–Trinajstić information content (AvgIpc) is 3.08. The number of carbonyl (C=O) groups is 1. The maximum Gasteiger partial charge on any atom is 0.235 e. The second-order valence-corrected chi connectivity index (χ2v) is 7.65. The van der Waals surface area contributed by atoms with Gasteiger partial charge in [0.15, 0.2) is 0 Å². The first-order valence-corrected chi connectivity index (χ1v) is 9.95. The van der Waals surface area contributed by atoms with Crippen LogP contribution in [-0.2, 0) is 4.79 Å². The Bertz CT molecular complexity index is 974. The number of methoxy groups -OCH3 is 1. The van der Waals surface area contributed by atoms with Crippen LogP contribution in [0.1, 0.15) is 24.9 Å². The highest BCUT2D eigenvalue weighted by Gasteiger charge is 2.49. The van der Waals surface area contributed by atoms with E-state index >= 15 is 0 Å². The van der Waals surface area contributed by atoms with E-state index in [0.29, 0.717) is 6.54 Å². The standard InChI is InChI=1S/C25H26N2O2/c1-25(17-18-27(24(25)28)21-15-9-10-16-22(21)29-2)23(19-11-5-3-6-12-19)26-20-13-7-4-8-14-20/h3-16,23,26H,17-18H2,1-2H3/t23-,25?/m0/s1. The van der Waals surface area contributed by atoms with E-state index < -0.39 is 5.41 Å². The molecule has 1 unspecified atom stereocenters. The molecule has 1 amide bonds. The number of anilines is 2. The number of nitrogens with one attached hydrogen (secondary N) is 1. The number of ether oxygens (including phenoxy) is 1. The van der Waals surface area contributed by atoms with Crippen molar-refractivity contribution < 1.29 is 9.53 Å². The van der Waals surface area contributed by atoms with Crippen molar-refractivity contribution >= 4 is 17.3 Å². The Labute approximate surface area is 172 Å². The maximum absolute atomic E-state index is 13.7. The third kappa shape index (κ3) is 3.58. The zero-order valence-corrected chi connectivity index (χ0v) is 16.8. The van der Waals surface area contributed by atoms with Crippen molar-refractivity contribution in [2.24, 2.45) is 5.41 Å². The van der Waals surface area contributed by atoms with E-state index in [4.69, 9.17) is 4.74 Å². The quantitative estimate of drug-likeness (QED) is 0.626. The number of hydrogen-bond donors (Lipinski definition) is 1. The minimum atomic E-state index is -0.585. The largest absolute Gasteiger partial charge is 0.495 e. The Morgan fingerprint density at radius 3 is 2.24 bits per heavy atom. The Kier molecular flexibility index (Phi) is 5.26. The monoisotopic (exact) mass is 386 g/mol. The molecular formula is C25H26N2O2. The van der Waals surface area contributed by atoms with Gasteiger partial charge in [0.2, 0.25) is 5.91 Å². The van der Waals surface area contributed by atoms with Crippen LogP contribution >= 0.6 is 0 Å². The van der Waals surface area contributed by atoms with Crippen molar-refractivity contribution in [3.63, 3.8) is 0 Å². The molecule has 3 aromatic rings. The molecule has 1 aliphatic heterocycles. The average molecular weight is 386 g/mol. The zero-order chi connectivity index (χ0) is 20.3. The van der Waals surface area contributed by atoms with Crippen LogP contribution in [0, 0.1) is 5.41 Å². The van der Waals surface area contributed by atoms with E-state index in [1.807, 2.05) is 77.7 Å². The minimum Gasteiger partial charge on any atom is -0.495 e. The molecule has 0 aromatic heterocycles. The molecule has 1 heterocycles. The van der Waals surface area contributed by atoms with Crippen LogP contribution in [0.2, 0.25) is 0 Å². The van der Waals surface area contributed by atoms with Crippen molar-refractivity contribution in [3.05, 3.63) is 90.5 Å². The predicted octanol–water partition coefficient (Wildman–Crippen LogP) is 5.29. The van der Waals surface area contributed by atoms with Gasteiger partial charge < -0.3 is 15.0 Å². The van der Waals surface area contributed by atoms with Crippen LogP contribution in [-0.4, -0.2) is 19.6 Å². The highest BCUT2D eigenvalue weighted by molar-refractivity contribution is 6.01. The second-order valence-electron chi connectivity index (χ2n) is 7.65. The molecule has 148 valence electrons. The maximum atomic E-state index is 13.7. The van der Waals surface area contributed by atoms with Gasteiger partial charge in [-0.25, -0.2) is 0 Å². The number of carbonyl (C=O) groups excluding carboxylic acids is 1. The lowest BCUT2D eigenvalue weighted by Gasteiger charge is -2.34. The van der Waals surface area contributed by atoms with Gasteiger partial charge in [0.25, 0.3) is 0 Å². The first kappa shape index (κ1) is 19.1. The smallest absolute Gasteiger partial charge is 0.235 e. The molecular weight excluding hydrogens is 360 g/mol. The van der Waals surface area contributed by atoms with Crippen molar-refractivity contribution in [1.29, 1.82) is 0 Å². The summed E-state index contributed by atoms with van der Waals surface area (Å²) in [6.07, 6.45) is 0.753. The summed E-state index contributed by atoms with van der Waals surface area (Å²) in [6.45, 7) is 2.73. The minimum absolute atomic E-state index is 0.110. The molecule has 0 spiro atoms. The van der Waals surface area contributed by atoms with Crippen LogP contribution < -0.4 is 15.0 Å². The second kappa shape index (κ2) is 8.00. The SMILES string of the molecule is COc1ccccc1N1CCC(C)([C@@H](Nc2ccccc2)c2ccccc2)C1=O. The van der Waals surface area contributed by atoms with Gasteiger partial charge in [-0.3, -0.25) is 4.79 Å². The van der Waals surface area contributed by atoms with Crippen LogP contribution in [0.5, 0.6) is 5.75 Å².